The lowest BCUT2D eigenvalue weighted by Crippen LogP contribution is -2.53. The second kappa shape index (κ2) is 3.72. The Bertz CT molecular complexity index is 143. The van der Waals surface area contributed by atoms with Gasteiger partial charge in [0.25, 0.3) is 0 Å². The van der Waals surface area contributed by atoms with E-state index in [2.05, 4.69) is 12.2 Å². The number of nitrogens with one attached hydrogen (secondary N) is 1. The Labute approximate surface area is 68.3 Å². The van der Waals surface area contributed by atoms with Gasteiger partial charge < -0.3 is 11.1 Å². The molecule has 0 aromatic carbocycles. The maximum absolute atomic E-state index is 10.8. The highest BCUT2D eigenvalue weighted by molar-refractivity contribution is 5.83. The molecule has 1 amide bonds. The van der Waals surface area contributed by atoms with Gasteiger partial charge in [-0.05, 0) is 27.2 Å². The number of carbonyl (C=O) groups is 1. The van der Waals surface area contributed by atoms with Crippen LogP contribution < -0.4 is 11.1 Å². The normalized spacial score (nSPS) is 14.5. The molecule has 0 aromatic heterocycles. The molecule has 0 bridgehead atoms. The number of carbonyl (C=O) groups excluding carboxylic acids is 1. The fraction of sp³-hybridized carbons (Fsp3) is 0.875. The summed E-state index contributed by atoms with van der Waals surface area (Å²) in [5.41, 5.74) is 4.58. The molecule has 0 spiro atoms. The highest BCUT2D eigenvalue weighted by Crippen LogP contribution is 2.03. The zero-order valence-electron chi connectivity index (χ0n) is 7.77. The highest BCUT2D eigenvalue weighted by Gasteiger charge is 2.25. The van der Waals surface area contributed by atoms with Crippen molar-refractivity contribution in [1.82, 2.24) is 5.32 Å². The summed E-state index contributed by atoms with van der Waals surface area (Å²) in [6.07, 6.45) is 0.997. The molecule has 0 aliphatic carbocycles. The van der Waals surface area contributed by atoms with Crippen LogP contribution in [0.15, 0.2) is 0 Å². The molecule has 0 fully saturated rings. The molecule has 3 N–H and O–H groups in total. The maximum Gasteiger partial charge on any atom is 0.237 e. The fourth-order valence-corrected chi connectivity index (χ4v) is 0.789. The predicted molar refractivity (Wildman–Crippen MR) is 46.2 cm³/mol. The topological polar surface area (TPSA) is 55.1 Å². The van der Waals surface area contributed by atoms with E-state index in [1.165, 1.54) is 0 Å². The van der Waals surface area contributed by atoms with E-state index in [-0.39, 0.29) is 5.91 Å². The van der Waals surface area contributed by atoms with Crippen LogP contribution in [0.5, 0.6) is 0 Å². The minimum atomic E-state index is -0.588. The molecule has 66 valence electrons. The molecule has 11 heavy (non-hydrogen) atoms. The standard InChI is InChI=1S/C8H18N2O/c1-5-6(2)10-8(3,4)7(9)11/h6,10H,5H2,1-4H3,(H2,9,11). The van der Waals surface area contributed by atoms with Crippen LogP contribution >= 0.6 is 0 Å². The second-order valence-corrected chi connectivity index (χ2v) is 3.44. The van der Waals surface area contributed by atoms with E-state index < -0.39 is 5.54 Å². The number of rotatable bonds is 4. The van der Waals surface area contributed by atoms with Crippen LogP contribution in [-0.4, -0.2) is 17.5 Å². The van der Waals surface area contributed by atoms with E-state index >= 15 is 0 Å². The highest BCUT2D eigenvalue weighted by atomic mass is 16.1. The number of primary amides is 1. The molecule has 0 aromatic rings. The number of hydrogen-bond acceptors (Lipinski definition) is 2. The zero-order chi connectivity index (χ0) is 9.07. The van der Waals surface area contributed by atoms with Crippen molar-refractivity contribution < 1.29 is 4.79 Å². The summed E-state index contributed by atoms with van der Waals surface area (Å²) in [5.74, 6) is -0.308. The number of nitrogens with two attached hydrogens (primary N) is 1. The van der Waals surface area contributed by atoms with Crippen LogP contribution in [0.25, 0.3) is 0 Å². The van der Waals surface area contributed by atoms with Crippen LogP contribution in [0.1, 0.15) is 34.1 Å². The van der Waals surface area contributed by atoms with E-state index in [0.29, 0.717) is 6.04 Å². The van der Waals surface area contributed by atoms with E-state index in [1.54, 1.807) is 13.8 Å². The Hall–Kier alpha value is -0.570. The summed E-state index contributed by atoms with van der Waals surface area (Å²) in [4.78, 5) is 10.8. The van der Waals surface area contributed by atoms with Crippen molar-refractivity contribution in [3.05, 3.63) is 0 Å². The molecule has 0 aliphatic rings. The SMILES string of the molecule is CCC(C)NC(C)(C)C(N)=O. The molecule has 0 saturated heterocycles. The third-order valence-corrected chi connectivity index (χ3v) is 1.84. The summed E-state index contributed by atoms with van der Waals surface area (Å²) in [6, 6.07) is 0.331. The second-order valence-electron chi connectivity index (χ2n) is 3.44. The molecule has 0 heterocycles. The van der Waals surface area contributed by atoms with Gasteiger partial charge in [0.05, 0.1) is 5.54 Å². The zero-order valence-corrected chi connectivity index (χ0v) is 7.77. The molecule has 3 heteroatoms. The third-order valence-electron chi connectivity index (χ3n) is 1.84. The van der Waals surface area contributed by atoms with E-state index in [9.17, 15) is 4.79 Å². The van der Waals surface area contributed by atoms with Crippen molar-refractivity contribution in [2.24, 2.45) is 5.73 Å². The van der Waals surface area contributed by atoms with Crippen molar-refractivity contribution in [2.75, 3.05) is 0 Å². The first kappa shape index (κ1) is 10.4. The molecule has 1 atom stereocenters. The Kier molecular flexibility index (Phi) is 3.52. The minimum Gasteiger partial charge on any atom is -0.368 e. The Morgan fingerprint density at radius 2 is 2.09 bits per heavy atom. The Morgan fingerprint density at radius 1 is 1.64 bits per heavy atom. The average molecular weight is 158 g/mol. The van der Waals surface area contributed by atoms with Crippen molar-refractivity contribution in [3.8, 4) is 0 Å². The van der Waals surface area contributed by atoms with Gasteiger partial charge in [-0.15, -0.1) is 0 Å². The molecule has 0 rings (SSSR count). The first-order valence-electron chi connectivity index (χ1n) is 3.97. The van der Waals surface area contributed by atoms with E-state index in [4.69, 9.17) is 5.73 Å². The lowest BCUT2D eigenvalue weighted by atomic mass is 10.0. The molecular formula is C8H18N2O. The van der Waals surface area contributed by atoms with Crippen LogP contribution in [0.3, 0.4) is 0 Å². The molecular weight excluding hydrogens is 140 g/mol. The summed E-state index contributed by atoms with van der Waals surface area (Å²) >= 11 is 0. The lowest BCUT2D eigenvalue weighted by Gasteiger charge is -2.26. The van der Waals surface area contributed by atoms with Crippen molar-refractivity contribution in [3.63, 3.8) is 0 Å². The maximum atomic E-state index is 10.8. The van der Waals surface area contributed by atoms with Gasteiger partial charge in [0.1, 0.15) is 0 Å². The monoisotopic (exact) mass is 158 g/mol. The molecule has 1 unspecified atom stereocenters. The van der Waals surface area contributed by atoms with Gasteiger partial charge in [0, 0.05) is 6.04 Å². The predicted octanol–water partition coefficient (Wildman–Crippen LogP) is 0.638. The third kappa shape index (κ3) is 3.37. The quantitative estimate of drug-likeness (QED) is 0.630. The van der Waals surface area contributed by atoms with E-state index in [0.717, 1.165) is 6.42 Å². The van der Waals surface area contributed by atoms with Gasteiger partial charge in [-0.1, -0.05) is 6.92 Å². The summed E-state index contributed by atoms with van der Waals surface area (Å²) < 4.78 is 0. The van der Waals surface area contributed by atoms with Gasteiger partial charge in [0.15, 0.2) is 0 Å². The molecule has 0 aliphatic heterocycles. The van der Waals surface area contributed by atoms with E-state index in [1.807, 2.05) is 6.92 Å². The van der Waals surface area contributed by atoms with Gasteiger partial charge in [-0.2, -0.15) is 0 Å². The number of hydrogen-bond donors (Lipinski definition) is 2. The van der Waals surface area contributed by atoms with Crippen LogP contribution in [-0.2, 0) is 4.79 Å². The van der Waals surface area contributed by atoms with Gasteiger partial charge in [-0.25, -0.2) is 0 Å². The first-order chi connectivity index (χ1) is 4.90. The van der Waals surface area contributed by atoms with Crippen molar-refractivity contribution >= 4 is 5.91 Å². The first-order valence-corrected chi connectivity index (χ1v) is 3.97. The van der Waals surface area contributed by atoms with Crippen LogP contribution in [0, 0.1) is 0 Å². The van der Waals surface area contributed by atoms with Gasteiger partial charge in [0.2, 0.25) is 5.91 Å². The fourth-order valence-electron chi connectivity index (χ4n) is 0.789. The van der Waals surface area contributed by atoms with Gasteiger partial charge >= 0.3 is 0 Å². The molecule has 0 radical (unpaired) electrons. The Morgan fingerprint density at radius 3 is 2.36 bits per heavy atom. The summed E-state index contributed by atoms with van der Waals surface area (Å²) in [7, 11) is 0. The van der Waals surface area contributed by atoms with Crippen LogP contribution in [0.4, 0.5) is 0 Å². The van der Waals surface area contributed by atoms with Crippen molar-refractivity contribution in [1.29, 1.82) is 0 Å². The van der Waals surface area contributed by atoms with Crippen LogP contribution in [0.2, 0.25) is 0 Å². The molecule has 3 nitrogen and oxygen atoms in total. The summed E-state index contributed by atoms with van der Waals surface area (Å²) in [6.45, 7) is 7.68. The van der Waals surface area contributed by atoms with Crippen molar-refractivity contribution in [2.45, 2.75) is 45.7 Å². The number of amides is 1. The minimum absolute atomic E-state index is 0.308. The summed E-state index contributed by atoms with van der Waals surface area (Å²) in [5, 5.41) is 3.13. The Balaban J connectivity index is 4.01. The lowest BCUT2D eigenvalue weighted by molar-refractivity contribution is -0.123. The average Bonchev–Trinajstić information content (AvgIpc) is 1.86. The molecule has 0 saturated carbocycles. The van der Waals surface area contributed by atoms with Gasteiger partial charge in [-0.3, -0.25) is 4.79 Å². The largest absolute Gasteiger partial charge is 0.368 e. The smallest absolute Gasteiger partial charge is 0.237 e.